The summed E-state index contributed by atoms with van der Waals surface area (Å²) >= 11 is 0. The Bertz CT molecular complexity index is 791. The molecule has 110 valence electrons. The number of hydrogen-bond acceptors (Lipinski definition) is 4. The van der Waals surface area contributed by atoms with Crippen LogP contribution in [0, 0.1) is 0 Å². The number of carboxylic acids is 1. The van der Waals surface area contributed by atoms with Crippen molar-refractivity contribution in [2.45, 2.75) is 0 Å². The second-order valence-electron chi connectivity index (χ2n) is 4.83. The molecule has 5 nitrogen and oxygen atoms in total. The maximum absolute atomic E-state index is 12.1. The number of amides is 1. The predicted molar refractivity (Wildman–Crippen MR) is 80.3 cm³/mol. The van der Waals surface area contributed by atoms with Crippen molar-refractivity contribution in [2.75, 3.05) is 12.4 Å². The molecule has 2 aromatic carbocycles. The Balaban J connectivity index is 2.04. The van der Waals surface area contributed by atoms with Gasteiger partial charge in [0.05, 0.1) is 13.1 Å². The summed E-state index contributed by atoms with van der Waals surface area (Å²) in [4.78, 5) is 23.0. The van der Waals surface area contributed by atoms with Gasteiger partial charge in [-0.3, -0.25) is 4.79 Å². The van der Waals surface area contributed by atoms with Crippen molar-refractivity contribution in [2.24, 2.45) is 0 Å². The quantitative estimate of drug-likeness (QED) is 0.871. The highest BCUT2D eigenvalue weighted by atomic mass is 16.5. The van der Waals surface area contributed by atoms with Gasteiger partial charge in [0.25, 0.3) is 5.91 Å². The van der Waals surface area contributed by atoms with Crippen molar-refractivity contribution in [3.8, 4) is 5.75 Å². The largest absolute Gasteiger partial charge is 0.545 e. The van der Waals surface area contributed by atoms with E-state index in [1.807, 2.05) is 12.1 Å². The molecule has 1 aliphatic rings. The van der Waals surface area contributed by atoms with Crippen LogP contribution in [0.25, 0.3) is 11.6 Å². The molecule has 1 heterocycles. The fraction of sp³-hybridized carbons (Fsp3) is 0.0588. The van der Waals surface area contributed by atoms with Crippen LogP contribution >= 0.6 is 0 Å². The Kier molecular flexibility index (Phi) is 3.39. The third kappa shape index (κ3) is 2.44. The smallest absolute Gasteiger partial charge is 0.256 e. The normalized spacial score (nSPS) is 14.6. The average Bonchev–Trinajstić information content (AvgIpc) is 2.83. The first-order chi connectivity index (χ1) is 10.6. The van der Waals surface area contributed by atoms with E-state index in [1.54, 1.807) is 31.4 Å². The summed E-state index contributed by atoms with van der Waals surface area (Å²) in [6.07, 6.45) is 1.71. The maximum atomic E-state index is 12.1. The van der Waals surface area contributed by atoms with E-state index in [4.69, 9.17) is 4.74 Å². The lowest BCUT2D eigenvalue weighted by atomic mass is 10.0. The van der Waals surface area contributed by atoms with Gasteiger partial charge in [-0.25, -0.2) is 0 Å². The third-order valence-corrected chi connectivity index (χ3v) is 3.47. The zero-order chi connectivity index (χ0) is 15.7. The fourth-order valence-electron chi connectivity index (χ4n) is 2.33. The lowest BCUT2D eigenvalue weighted by Crippen LogP contribution is -2.22. The minimum atomic E-state index is -1.27. The summed E-state index contributed by atoms with van der Waals surface area (Å²) in [5.74, 6) is -0.815. The molecule has 0 aromatic heterocycles. The molecule has 3 rings (SSSR count). The number of ether oxygens (including phenoxy) is 1. The molecule has 1 aliphatic heterocycles. The van der Waals surface area contributed by atoms with Crippen LogP contribution in [0.15, 0.2) is 42.5 Å². The Morgan fingerprint density at radius 1 is 1.18 bits per heavy atom. The number of benzene rings is 2. The molecule has 0 atom stereocenters. The van der Waals surface area contributed by atoms with Crippen molar-refractivity contribution >= 4 is 29.2 Å². The molecule has 2 aromatic rings. The Morgan fingerprint density at radius 3 is 2.55 bits per heavy atom. The molecule has 0 aliphatic carbocycles. The van der Waals surface area contributed by atoms with E-state index in [2.05, 4.69) is 5.32 Å². The number of carboxylic acid groups (broad SMARTS) is 1. The molecule has 0 radical (unpaired) electrons. The Labute approximate surface area is 126 Å². The molecule has 0 fully saturated rings. The van der Waals surface area contributed by atoms with Gasteiger partial charge in [-0.15, -0.1) is 0 Å². The average molecular weight is 294 g/mol. The highest BCUT2D eigenvalue weighted by Crippen LogP contribution is 2.33. The Hall–Kier alpha value is -3.08. The van der Waals surface area contributed by atoms with Crippen LogP contribution in [0.3, 0.4) is 0 Å². The molecule has 0 spiro atoms. The van der Waals surface area contributed by atoms with Gasteiger partial charge in [-0.1, -0.05) is 18.2 Å². The highest BCUT2D eigenvalue weighted by Gasteiger charge is 2.24. The molecule has 0 bridgehead atoms. The van der Waals surface area contributed by atoms with Gasteiger partial charge in [0.15, 0.2) is 0 Å². The number of rotatable bonds is 3. The number of fused-ring (bicyclic) bond motifs is 1. The fourth-order valence-corrected chi connectivity index (χ4v) is 2.33. The van der Waals surface area contributed by atoms with Crippen LogP contribution in [0.1, 0.15) is 21.5 Å². The minimum absolute atomic E-state index is 0.0379. The Morgan fingerprint density at radius 2 is 1.91 bits per heavy atom. The van der Waals surface area contributed by atoms with Crippen LogP contribution < -0.4 is 15.2 Å². The first kappa shape index (κ1) is 13.9. The van der Waals surface area contributed by atoms with E-state index in [-0.39, 0.29) is 11.5 Å². The van der Waals surface area contributed by atoms with E-state index >= 15 is 0 Å². The summed E-state index contributed by atoms with van der Waals surface area (Å²) in [6, 6.07) is 11.6. The predicted octanol–water partition coefficient (Wildman–Crippen LogP) is 1.55. The van der Waals surface area contributed by atoms with Crippen molar-refractivity contribution in [3.05, 3.63) is 59.2 Å². The topological polar surface area (TPSA) is 78.5 Å². The molecule has 5 heteroatoms. The van der Waals surface area contributed by atoms with Gasteiger partial charge in [-0.05, 0) is 41.5 Å². The van der Waals surface area contributed by atoms with Crippen molar-refractivity contribution in [3.63, 3.8) is 0 Å². The number of nitrogens with one attached hydrogen (secondary N) is 1. The second-order valence-corrected chi connectivity index (χ2v) is 4.83. The number of aromatic carboxylic acids is 1. The molecule has 22 heavy (non-hydrogen) atoms. The van der Waals surface area contributed by atoms with Gasteiger partial charge >= 0.3 is 0 Å². The zero-order valence-corrected chi connectivity index (χ0v) is 11.8. The van der Waals surface area contributed by atoms with E-state index in [9.17, 15) is 14.7 Å². The lowest BCUT2D eigenvalue weighted by molar-refractivity contribution is -0.255. The van der Waals surface area contributed by atoms with Gasteiger partial charge in [0, 0.05) is 16.8 Å². The van der Waals surface area contributed by atoms with E-state index < -0.39 is 5.97 Å². The van der Waals surface area contributed by atoms with Gasteiger partial charge in [-0.2, -0.15) is 0 Å². The van der Waals surface area contributed by atoms with Gasteiger partial charge < -0.3 is 20.0 Å². The van der Waals surface area contributed by atoms with Crippen LogP contribution in [0.4, 0.5) is 5.69 Å². The lowest BCUT2D eigenvalue weighted by Gasteiger charge is -2.05. The summed E-state index contributed by atoms with van der Waals surface area (Å²) in [5.41, 5.74) is 2.43. The highest BCUT2D eigenvalue weighted by molar-refractivity contribution is 6.35. The van der Waals surface area contributed by atoms with Gasteiger partial charge in [0.2, 0.25) is 0 Å². The molecule has 0 saturated heterocycles. The summed E-state index contributed by atoms with van der Waals surface area (Å²) in [5, 5.41) is 13.7. The summed E-state index contributed by atoms with van der Waals surface area (Å²) in [6.45, 7) is 0. The number of methoxy groups -OCH3 is 1. The van der Waals surface area contributed by atoms with Crippen LogP contribution in [0.2, 0.25) is 0 Å². The molecule has 0 saturated carbocycles. The standard InChI is InChI=1S/C17H13NO4/c1-22-12-5-2-10(3-6-12)8-14-13-9-11(17(20)21)4-7-15(13)18-16(14)19/h2-9H,1H3,(H,18,19)(H,20,21)/p-1/b14-8-. The maximum Gasteiger partial charge on any atom is 0.256 e. The van der Waals surface area contributed by atoms with Crippen LogP contribution in [-0.4, -0.2) is 19.0 Å². The van der Waals surface area contributed by atoms with Crippen molar-refractivity contribution in [1.82, 2.24) is 0 Å². The second kappa shape index (κ2) is 5.37. The van der Waals surface area contributed by atoms with Crippen molar-refractivity contribution < 1.29 is 19.4 Å². The SMILES string of the molecule is COc1ccc(/C=C2\C(=O)Nc3ccc(C(=O)[O-])cc32)cc1. The molecule has 0 unspecified atom stereocenters. The summed E-state index contributed by atoms with van der Waals surface area (Å²) in [7, 11) is 1.58. The number of anilines is 1. The monoisotopic (exact) mass is 294 g/mol. The number of carbonyl (C=O) groups is 2. The van der Waals surface area contributed by atoms with E-state index in [0.29, 0.717) is 16.8 Å². The number of hydrogen-bond donors (Lipinski definition) is 1. The zero-order valence-electron chi connectivity index (χ0n) is 11.8. The van der Waals surface area contributed by atoms with Crippen LogP contribution in [0.5, 0.6) is 5.75 Å². The number of carbonyl (C=O) groups excluding carboxylic acids is 2. The third-order valence-electron chi connectivity index (χ3n) is 3.47. The minimum Gasteiger partial charge on any atom is -0.545 e. The van der Waals surface area contributed by atoms with E-state index in [0.717, 1.165) is 11.3 Å². The van der Waals surface area contributed by atoms with E-state index in [1.165, 1.54) is 12.1 Å². The molecule has 1 N–H and O–H groups in total. The van der Waals surface area contributed by atoms with Gasteiger partial charge in [0.1, 0.15) is 5.75 Å². The van der Waals surface area contributed by atoms with Crippen molar-refractivity contribution in [1.29, 1.82) is 0 Å². The first-order valence-electron chi connectivity index (χ1n) is 6.61. The molecular formula is C17H12NO4-. The first-order valence-corrected chi connectivity index (χ1v) is 6.61. The molecule has 1 amide bonds. The summed E-state index contributed by atoms with van der Waals surface area (Å²) < 4.78 is 5.09. The molecular weight excluding hydrogens is 282 g/mol. The van der Waals surface area contributed by atoms with Crippen LogP contribution in [-0.2, 0) is 4.79 Å².